The highest BCUT2D eigenvalue weighted by Gasteiger charge is 2.17. The lowest BCUT2D eigenvalue weighted by atomic mass is 10.3. The van der Waals surface area contributed by atoms with Gasteiger partial charge in [-0.25, -0.2) is 18.1 Å². The lowest BCUT2D eigenvalue weighted by Gasteiger charge is -2.03. The number of sulfonamides is 1. The Bertz CT molecular complexity index is 847. The van der Waals surface area contributed by atoms with E-state index in [1.807, 2.05) is 35.2 Å². The molecule has 0 atom stereocenters. The zero-order valence-corrected chi connectivity index (χ0v) is 15.0. The van der Waals surface area contributed by atoms with Crippen LogP contribution in [0.3, 0.4) is 0 Å². The highest BCUT2D eigenvalue weighted by atomic mass is 32.2. The van der Waals surface area contributed by atoms with Gasteiger partial charge >= 0.3 is 0 Å². The Morgan fingerprint density at radius 2 is 2.09 bits per heavy atom. The highest BCUT2D eigenvalue weighted by molar-refractivity contribution is 7.91. The van der Waals surface area contributed by atoms with Gasteiger partial charge in [-0.3, -0.25) is 0 Å². The summed E-state index contributed by atoms with van der Waals surface area (Å²) in [4.78, 5) is 5.56. The maximum absolute atomic E-state index is 12.3. The summed E-state index contributed by atoms with van der Waals surface area (Å²) in [5.41, 5.74) is 1.81. The van der Waals surface area contributed by atoms with E-state index in [0.717, 1.165) is 16.3 Å². The van der Waals surface area contributed by atoms with E-state index in [1.165, 1.54) is 27.6 Å². The Kier molecular flexibility index (Phi) is 4.74. The van der Waals surface area contributed by atoms with Crippen LogP contribution in [0.25, 0.3) is 10.6 Å². The van der Waals surface area contributed by atoms with E-state index >= 15 is 0 Å². The van der Waals surface area contributed by atoms with Crippen LogP contribution in [-0.2, 0) is 16.4 Å². The SMILES string of the molecule is Cc1csc(-c2csc(S(=O)(=O)NCCc3cccs3)c2)n1. The van der Waals surface area contributed by atoms with E-state index in [9.17, 15) is 8.42 Å². The van der Waals surface area contributed by atoms with Gasteiger partial charge in [0, 0.05) is 33.4 Å². The van der Waals surface area contributed by atoms with Crippen molar-refractivity contribution in [2.24, 2.45) is 0 Å². The number of aryl methyl sites for hydroxylation is 1. The largest absolute Gasteiger partial charge is 0.250 e. The standard InChI is InChI=1S/C14H14N2O2S4/c1-10-8-21-14(16-10)11-7-13(20-9-11)22(17,18)15-5-4-12-3-2-6-19-12/h2-3,6-9,15H,4-5H2,1H3. The molecule has 0 aliphatic rings. The fourth-order valence-corrected chi connectivity index (χ4v) is 5.70. The monoisotopic (exact) mass is 370 g/mol. The molecular weight excluding hydrogens is 356 g/mol. The lowest BCUT2D eigenvalue weighted by molar-refractivity contribution is 0.584. The Labute approximate surface area is 141 Å². The van der Waals surface area contributed by atoms with Crippen molar-refractivity contribution >= 4 is 44.0 Å². The number of thiophene rings is 2. The first-order valence-corrected chi connectivity index (χ1v) is 10.7. The lowest BCUT2D eigenvalue weighted by Crippen LogP contribution is -2.25. The smallest absolute Gasteiger partial charge is 0.241 e. The summed E-state index contributed by atoms with van der Waals surface area (Å²) in [5, 5.41) is 6.64. The second-order valence-corrected chi connectivity index (χ2v) is 9.47. The van der Waals surface area contributed by atoms with Gasteiger partial charge in [-0.2, -0.15) is 0 Å². The van der Waals surface area contributed by atoms with Crippen molar-refractivity contribution in [2.45, 2.75) is 17.6 Å². The van der Waals surface area contributed by atoms with Crippen molar-refractivity contribution in [3.8, 4) is 10.6 Å². The third-order valence-corrected chi connectivity index (χ3v) is 7.80. The molecule has 0 saturated heterocycles. The third-order valence-electron chi connectivity index (χ3n) is 2.95. The average Bonchev–Trinajstić information content (AvgIpc) is 3.18. The molecule has 0 fully saturated rings. The Morgan fingerprint density at radius 3 is 2.77 bits per heavy atom. The number of hydrogen-bond donors (Lipinski definition) is 1. The first kappa shape index (κ1) is 15.8. The van der Waals surface area contributed by atoms with Gasteiger partial charge < -0.3 is 0 Å². The molecule has 3 heterocycles. The molecule has 1 N–H and O–H groups in total. The maximum Gasteiger partial charge on any atom is 0.250 e. The molecule has 3 aromatic heterocycles. The van der Waals surface area contributed by atoms with Gasteiger partial charge in [0.05, 0.1) is 0 Å². The summed E-state index contributed by atoms with van der Waals surface area (Å²) in [6.07, 6.45) is 0.709. The van der Waals surface area contributed by atoms with E-state index in [1.54, 1.807) is 17.4 Å². The molecule has 0 unspecified atom stereocenters. The van der Waals surface area contributed by atoms with Gasteiger partial charge in [0.1, 0.15) is 9.22 Å². The molecule has 4 nitrogen and oxygen atoms in total. The molecule has 0 aliphatic heterocycles. The molecule has 0 radical (unpaired) electrons. The Morgan fingerprint density at radius 1 is 1.23 bits per heavy atom. The van der Waals surface area contributed by atoms with Crippen molar-refractivity contribution in [1.82, 2.24) is 9.71 Å². The topological polar surface area (TPSA) is 59.1 Å². The predicted molar refractivity (Wildman–Crippen MR) is 93.4 cm³/mol. The zero-order valence-electron chi connectivity index (χ0n) is 11.8. The maximum atomic E-state index is 12.3. The van der Waals surface area contributed by atoms with Crippen molar-refractivity contribution < 1.29 is 8.42 Å². The summed E-state index contributed by atoms with van der Waals surface area (Å²) in [5.74, 6) is 0. The van der Waals surface area contributed by atoms with Crippen molar-refractivity contribution in [3.63, 3.8) is 0 Å². The predicted octanol–water partition coefficient (Wildman–Crippen LogP) is 3.76. The number of thiazole rings is 1. The van der Waals surface area contributed by atoms with Gasteiger partial charge in [-0.15, -0.1) is 34.0 Å². The van der Waals surface area contributed by atoms with Gasteiger partial charge in [-0.05, 0) is 30.9 Å². The van der Waals surface area contributed by atoms with Crippen LogP contribution in [0.4, 0.5) is 0 Å². The van der Waals surface area contributed by atoms with E-state index in [4.69, 9.17) is 0 Å². The molecule has 0 bridgehead atoms. The minimum Gasteiger partial charge on any atom is -0.241 e. The van der Waals surface area contributed by atoms with Crippen LogP contribution < -0.4 is 4.72 Å². The van der Waals surface area contributed by atoms with E-state index in [2.05, 4.69) is 9.71 Å². The summed E-state index contributed by atoms with van der Waals surface area (Å²) in [6.45, 7) is 2.34. The van der Waals surface area contributed by atoms with E-state index < -0.39 is 10.0 Å². The second kappa shape index (κ2) is 6.59. The minimum atomic E-state index is -3.44. The molecule has 0 aromatic carbocycles. The average molecular weight is 371 g/mol. The minimum absolute atomic E-state index is 0.335. The summed E-state index contributed by atoms with van der Waals surface area (Å²) in [7, 11) is -3.44. The molecule has 0 spiro atoms. The fourth-order valence-electron chi connectivity index (χ4n) is 1.89. The second-order valence-electron chi connectivity index (χ2n) is 4.68. The molecule has 0 saturated carbocycles. The number of nitrogens with zero attached hydrogens (tertiary/aromatic N) is 1. The number of rotatable bonds is 6. The number of nitrogens with one attached hydrogen (secondary N) is 1. The van der Waals surface area contributed by atoms with Crippen LogP contribution in [0, 0.1) is 6.92 Å². The van der Waals surface area contributed by atoms with Crippen LogP contribution in [0.2, 0.25) is 0 Å². The molecule has 0 amide bonds. The Balaban J connectivity index is 1.68. The van der Waals surface area contributed by atoms with Crippen LogP contribution >= 0.6 is 34.0 Å². The van der Waals surface area contributed by atoms with Gasteiger partial charge in [0.2, 0.25) is 10.0 Å². The van der Waals surface area contributed by atoms with Crippen LogP contribution in [0.5, 0.6) is 0 Å². The number of aromatic nitrogens is 1. The van der Waals surface area contributed by atoms with Crippen molar-refractivity contribution in [3.05, 3.63) is 44.9 Å². The van der Waals surface area contributed by atoms with Gasteiger partial charge in [-0.1, -0.05) is 6.07 Å². The molecule has 3 aromatic rings. The first-order valence-electron chi connectivity index (χ1n) is 6.58. The van der Waals surface area contributed by atoms with Gasteiger partial charge in [0.15, 0.2) is 0 Å². The van der Waals surface area contributed by atoms with Crippen molar-refractivity contribution in [2.75, 3.05) is 6.54 Å². The quantitative estimate of drug-likeness (QED) is 0.719. The number of hydrogen-bond acceptors (Lipinski definition) is 6. The molecule has 116 valence electrons. The fraction of sp³-hybridized carbons (Fsp3) is 0.214. The van der Waals surface area contributed by atoms with Gasteiger partial charge in [0.25, 0.3) is 0 Å². The molecular formula is C14H14N2O2S4. The van der Waals surface area contributed by atoms with Crippen molar-refractivity contribution in [1.29, 1.82) is 0 Å². The Hall–Kier alpha value is -1.06. The summed E-state index contributed by atoms with van der Waals surface area (Å²) < 4.78 is 27.6. The van der Waals surface area contributed by atoms with E-state index in [-0.39, 0.29) is 0 Å². The normalized spacial score (nSPS) is 11.9. The molecule has 22 heavy (non-hydrogen) atoms. The molecule has 8 heteroatoms. The molecule has 3 rings (SSSR count). The van der Waals surface area contributed by atoms with Crippen LogP contribution in [0.1, 0.15) is 10.6 Å². The first-order chi connectivity index (χ1) is 10.5. The summed E-state index contributed by atoms with van der Waals surface area (Å²) in [6, 6.07) is 5.67. The molecule has 0 aliphatic carbocycles. The zero-order chi connectivity index (χ0) is 15.6. The summed E-state index contributed by atoms with van der Waals surface area (Å²) >= 11 is 4.39. The van der Waals surface area contributed by atoms with Crippen LogP contribution in [-0.4, -0.2) is 19.9 Å². The van der Waals surface area contributed by atoms with Crippen LogP contribution in [0.15, 0.2) is 38.5 Å². The highest BCUT2D eigenvalue weighted by Crippen LogP contribution is 2.30. The van der Waals surface area contributed by atoms with E-state index in [0.29, 0.717) is 17.2 Å². The third kappa shape index (κ3) is 3.64.